The molecule has 2 aliphatic heterocycles. The van der Waals surface area contributed by atoms with E-state index < -0.39 is 70.2 Å². The summed E-state index contributed by atoms with van der Waals surface area (Å²) in [5.74, 6) is -5.42. The Morgan fingerprint density at radius 1 is 0.690 bits per heavy atom. The van der Waals surface area contributed by atoms with Crippen LogP contribution >= 0.6 is 8.58 Å². The summed E-state index contributed by atoms with van der Waals surface area (Å²) in [4.78, 5) is 48.8. The minimum absolute atomic E-state index is 0.115. The van der Waals surface area contributed by atoms with Crippen molar-refractivity contribution in [3.05, 3.63) is 0 Å². The Hall–Kier alpha value is -1.45. The van der Waals surface area contributed by atoms with Crippen LogP contribution in [0.1, 0.15) is 12.8 Å². The van der Waals surface area contributed by atoms with Crippen LogP contribution in [0.2, 0.25) is 0 Å². The second kappa shape index (κ2) is 5.23. The predicted octanol–water partition coefficient (Wildman–Crippen LogP) is -2.44. The zero-order chi connectivity index (χ0) is 20.6. The molecule has 2 heterocycles. The monoisotopic (exact) mass is 422 g/mol. The van der Waals surface area contributed by atoms with Crippen LogP contribution in [0.25, 0.3) is 0 Å². The van der Waals surface area contributed by atoms with Gasteiger partial charge in [-0.3, -0.25) is 19.2 Å². The standard InChI is InChI=1S/C18H23N4O6P/c19-11-3-1-5(9-7(3)13(23)27-15(9)25)17(11,21)29-18(22)6-2-4(12(18)20)8-10(6)16(26)28-14(8)24/h3-12,29H,1-2,19-22H2. The van der Waals surface area contributed by atoms with E-state index >= 15 is 0 Å². The molecule has 4 saturated carbocycles. The molecule has 0 amide bonds. The van der Waals surface area contributed by atoms with Crippen molar-refractivity contribution in [1.82, 2.24) is 0 Å². The molecule has 156 valence electrons. The van der Waals surface area contributed by atoms with Crippen molar-refractivity contribution >= 4 is 32.5 Å². The van der Waals surface area contributed by atoms with E-state index in [0.717, 1.165) is 0 Å². The third kappa shape index (κ3) is 1.87. The highest BCUT2D eigenvalue weighted by molar-refractivity contribution is 7.42. The van der Waals surface area contributed by atoms with Crippen molar-refractivity contribution in [2.75, 3.05) is 0 Å². The molecule has 29 heavy (non-hydrogen) atoms. The number of carbonyl (C=O) groups excluding carboxylic acids is 4. The lowest BCUT2D eigenvalue weighted by Crippen LogP contribution is -2.67. The first-order chi connectivity index (χ1) is 13.6. The number of esters is 4. The number of nitrogens with two attached hydrogens (primary N) is 4. The van der Waals surface area contributed by atoms with Gasteiger partial charge in [-0.25, -0.2) is 0 Å². The van der Waals surface area contributed by atoms with E-state index in [4.69, 9.17) is 32.4 Å². The molecule has 4 aliphatic carbocycles. The van der Waals surface area contributed by atoms with E-state index in [1.54, 1.807) is 0 Å². The molecule has 6 fully saturated rings. The normalized spacial score (nSPS) is 59.7. The van der Waals surface area contributed by atoms with Crippen molar-refractivity contribution in [2.45, 2.75) is 35.5 Å². The van der Waals surface area contributed by atoms with Gasteiger partial charge in [0.25, 0.3) is 0 Å². The van der Waals surface area contributed by atoms with Crippen LogP contribution in [-0.4, -0.2) is 46.5 Å². The van der Waals surface area contributed by atoms with E-state index in [2.05, 4.69) is 0 Å². The van der Waals surface area contributed by atoms with Gasteiger partial charge in [-0.15, -0.1) is 0 Å². The third-order valence-corrected chi connectivity index (χ3v) is 11.1. The summed E-state index contributed by atoms with van der Waals surface area (Å²) < 4.78 is 9.72. The van der Waals surface area contributed by atoms with Gasteiger partial charge in [-0.2, -0.15) is 0 Å². The van der Waals surface area contributed by atoms with Crippen molar-refractivity contribution < 1.29 is 28.7 Å². The van der Waals surface area contributed by atoms with Gasteiger partial charge in [0.2, 0.25) is 0 Å². The Bertz CT molecular complexity index is 830. The van der Waals surface area contributed by atoms with Crippen LogP contribution in [-0.2, 0) is 28.7 Å². The largest absolute Gasteiger partial charge is 0.393 e. The first-order valence-electron chi connectivity index (χ1n) is 9.99. The summed E-state index contributed by atoms with van der Waals surface area (Å²) in [5, 5.41) is -1.96. The molecule has 0 aromatic carbocycles. The maximum Gasteiger partial charge on any atom is 0.317 e. The Balaban J connectivity index is 1.35. The number of rotatable bonds is 2. The number of ether oxygens (including phenoxy) is 2. The topological polar surface area (TPSA) is 191 Å². The molecule has 0 radical (unpaired) electrons. The molecule has 11 heteroatoms. The van der Waals surface area contributed by atoms with Crippen LogP contribution in [0, 0.1) is 47.3 Å². The molecule has 0 aromatic heterocycles. The number of hydrogen-bond donors (Lipinski definition) is 4. The van der Waals surface area contributed by atoms with E-state index in [0.29, 0.717) is 12.8 Å². The van der Waals surface area contributed by atoms with Crippen LogP contribution in [0.5, 0.6) is 0 Å². The van der Waals surface area contributed by atoms with Gasteiger partial charge in [0.1, 0.15) is 0 Å². The number of fused-ring (bicyclic) bond motifs is 10. The first kappa shape index (κ1) is 18.3. The maximum atomic E-state index is 12.3. The molecule has 4 bridgehead atoms. The molecule has 12 unspecified atom stereocenters. The number of carbonyl (C=O) groups is 4. The zero-order valence-electron chi connectivity index (χ0n) is 15.4. The molecule has 8 N–H and O–H groups in total. The summed E-state index contributed by atoms with van der Waals surface area (Å²) in [6, 6.07) is -1.05. The first-order valence-corrected chi connectivity index (χ1v) is 11.0. The molecule has 12 atom stereocenters. The van der Waals surface area contributed by atoms with Crippen molar-refractivity contribution in [2.24, 2.45) is 70.3 Å². The van der Waals surface area contributed by atoms with Gasteiger partial charge >= 0.3 is 23.9 Å². The molecule has 6 aliphatic rings. The van der Waals surface area contributed by atoms with Crippen LogP contribution in [0.4, 0.5) is 0 Å². The van der Waals surface area contributed by atoms with E-state index in [1.165, 1.54) is 0 Å². The minimum atomic E-state index is -0.978. The highest BCUT2D eigenvalue weighted by atomic mass is 31.1. The fraction of sp³-hybridized carbons (Fsp3) is 0.778. The molecular weight excluding hydrogens is 399 g/mol. The van der Waals surface area contributed by atoms with E-state index in [9.17, 15) is 19.2 Å². The lowest BCUT2D eigenvalue weighted by Gasteiger charge is -2.51. The Kier molecular flexibility index (Phi) is 3.31. The van der Waals surface area contributed by atoms with Gasteiger partial charge < -0.3 is 32.4 Å². The lowest BCUT2D eigenvalue weighted by atomic mass is 9.75. The van der Waals surface area contributed by atoms with E-state index in [1.807, 2.05) is 0 Å². The molecule has 2 saturated heterocycles. The van der Waals surface area contributed by atoms with Crippen LogP contribution < -0.4 is 22.9 Å². The summed E-state index contributed by atoms with van der Waals surface area (Å²) in [6.45, 7) is 0. The van der Waals surface area contributed by atoms with Gasteiger partial charge in [-0.05, 0) is 36.5 Å². The van der Waals surface area contributed by atoms with Crippen molar-refractivity contribution in [3.8, 4) is 0 Å². The van der Waals surface area contributed by atoms with Gasteiger partial charge in [0.05, 0.1) is 34.2 Å². The van der Waals surface area contributed by atoms with Gasteiger partial charge in [0, 0.05) is 12.1 Å². The fourth-order valence-electron chi connectivity index (χ4n) is 7.60. The van der Waals surface area contributed by atoms with Crippen molar-refractivity contribution in [1.29, 1.82) is 0 Å². The average molecular weight is 422 g/mol. The fourth-order valence-corrected chi connectivity index (χ4v) is 10.1. The highest BCUT2D eigenvalue weighted by Crippen LogP contribution is 2.70. The third-order valence-electron chi connectivity index (χ3n) is 8.79. The minimum Gasteiger partial charge on any atom is -0.393 e. The van der Waals surface area contributed by atoms with Gasteiger partial charge in [0.15, 0.2) is 0 Å². The SMILES string of the molecule is NC1C2CC(C3C(=O)OC(=O)C23)C1(N)PC1(N)C(N)C2CC1C1C(=O)OC(=O)C21. The summed E-state index contributed by atoms with van der Waals surface area (Å²) in [5.41, 5.74) is 26.8. The maximum absolute atomic E-state index is 12.3. The highest BCUT2D eigenvalue weighted by Gasteiger charge is 2.75. The molecule has 0 aromatic rings. The predicted molar refractivity (Wildman–Crippen MR) is 97.5 cm³/mol. The summed E-state index contributed by atoms with van der Waals surface area (Å²) in [7, 11) is -0.115. The van der Waals surface area contributed by atoms with E-state index in [-0.39, 0.29) is 32.3 Å². The smallest absolute Gasteiger partial charge is 0.317 e. The molecule has 10 nitrogen and oxygen atoms in total. The molecule has 6 rings (SSSR count). The molecular formula is C18H23N4O6P. The Labute approximate surface area is 167 Å². The Morgan fingerprint density at radius 3 is 1.41 bits per heavy atom. The average Bonchev–Trinajstić information content (AvgIpc) is 3.42. The van der Waals surface area contributed by atoms with Gasteiger partial charge in [-0.1, -0.05) is 8.58 Å². The summed E-state index contributed by atoms with van der Waals surface area (Å²) >= 11 is 0. The van der Waals surface area contributed by atoms with Crippen LogP contribution in [0.15, 0.2) is 0 Å². The summed E-state index contributed by atoms with van der Waals surface area (Å²) in [6.07, 6.45) is 1.15. The zero-order valence-corrected chi connectivity index (χ0v) is 16.4. The number of hydrogen-bond acceptors (Lipinski definition) is 10. The second-order valence-electron chi connectivity index (χ2n) is 9.64. The van der Waals surface area contributed by atoms with Crippen molar-refractivity contribution in [3.63, 3.8) is 0 Å². The molecule has 0 spiro atoms. The van der Waals surface area contributed by atoms with Crippen LogP contribution in [0.3, 0.4) is 0 Å². The Morgan fingerprint density at radius 2 is 1.03 bits per heavy atom. The second-order valence-corrected chi connectivity index (χ2v) is 11.6. The quantitative estimate of drug-likeness (QED) is 0.211. The number of cyclic esters (lactones) is 4. The lowest BCUT2D eigenvalue weighted by molar-refractivity contribution is -0.156.